The van der Waals surface area contributed by atoms with Gasteiger partial charge in [0.2, 0.25) is 5.88 Å². The van der Waals surface area contributed by atoms with E-state index < -0.39 is 0 Å². The molecule has 0 atom stereocenters. The summed E-state index contributed by atoms with van der Waals surface area (Å²) < 4.78 is 8.60. The number of aromatic nitrogens is 2. The lowest BCUT2D eigenvalue weighted by Crippen LogP contribution is -1.97. The van der Waals surface area contributed by atoms with Gasteiger partial charge in [0.15, 0.2) is 0 Å². The molecule has 5 heteroatoms. The first-order valence-corrected chi connectivity index (χ1v) is 6.95. The van der Waals surface area contributed by atoms with Crippen molar-refractivity contribution < 1.29 is 4.74 Å². The van der Waals surface area contributed by atoms with Gasteiger partial charge in [-0.15, -0.1) is 0 Å². The lowest BCUT2D eigenvalue weighted by Gasteiger charge is -2.08. The van der Waals surface area contributed by atoms with E-state index in [-0.39, 0.29) is 5.92 Å². The fourth-order valence-electron chi connectivity index (χ4n) is 1.88. The lowest BCUT2D eigenvalue weighted by molar-refractivity contribution is 0.432. The highest BCUT2D eigenvalue weighted by Crippen LogP contribution is 2.33. The van der Waals surface area contributed by atoms with Crippen LogP contribution < -0.4 is 10.5 Å². The second kappa shape index (κ2) is 5.25. The van der Waals surface area contributed by atoms with Gasteiger partial charge in [-0.3, -0.25) is 0 Å². The molecule has 4 nitrogen and oxygen atoms in total. The molecular weight excluding hydrogens is 306 g/mol. The minimum Gasteiger partial charge on any atom is -0.437 e. The van der Waals surface area contributed by atoms with Crippen molar-refractivity contribution in [1.82, 2.24) is 9.78 Å². The smallest absolute Gasteiger partial charge is 0.241 e. The van der Waals surface area contributed by atoms with Gasteiger partial charge in [-0.2, -0.15) is 5.10 Å². The van der Waals surface area contributed by atoms with Crippen LogP contribution in [0.2, 0.25) is 0 Å². The van der Waals surface area contributed by atoms with E-state index >= 15 is 0 Å². The molecule has 0 fully saturated rings. The van der Waals surface area contributed by atoms with E-state index in [0.717, 1.165) is 21.5 Å². The topological polar surface area (TPSA) is 53.1 Å². The summed E-state index contributed by atoms with van der Waals surface area (Å²) in [5, 5.41) is 4.40. The SMILES string of the molecule is Cc1cc(Oc2c(N)c(C(C)C)nn2C)ccc1Br. The van der Waals surface area contributed by atoms with Gasteiger partial charge in [-0.05, 0) is 36.6 Å². The molecule has 102 valence electrons. The van der Waals surface area contributed by atoms with Gasteiger partial charge in [0.1, 0.15) is 11.4 Å². The third-order valence-electron chi connectivity index (χ3n) is 2.95. The molecule has 1 heterocycles. The molecular formula is C14H18BrN3O. The number of halogens is 1. The number of nitrogens with two attached hydrogens (primary N) is 1. The first kappa shape index (κ1) is 13.9. The van der Waals surface area contributed by atoms with E-state index in [1.165, 1.54) is 0 Å². The molecule has 0 bridgehead atoms. The third kappa shape index (κ3) is 2.76. The van der Waals surface area contributed by atoms with Gasteiger partial charge in [0.25, 0.3) is 0 Å². The molecule has 1 aromatic heterocycles. The molecule has 0 aliphatic carbocycles. The molecule has 2 rings (SSSR count). The molecule has 0 saturated heterocycles. The van der Waals surface area contributed by atoms with Crippen LogP contribution >= 0.6 is 15.9 Å². The largest absolute Gasteiger partial charge is 0.437 e. The van der Waals surface area contributed by atoms with Gasteiger partial charge in [-0.1, -0.05) is 29.8 Å². The summed E-state index contributed by atoms with van der Waals surface area (Å²) in [7, 11) is 1.84. The highest BCUT2D eigenvalue weighted by atomic mass is 79.9. The summed E-state index contributed by atoms with van der Waals surface area (Å²) in [6.45, 7) is 6.14. The van der Waals surface area contributed by atoms with E-state index in [0.29, 0.717) is 11.6 Å². The normalized spacial score (nSPS) is 11.1. The number of ether oxygens (including phenoxy) is 1. The fraction of sp³-hybridized carbons (Fsp3) is 0.357. The highest BCUT2D eigenvalue weighted by molar-refractivity contribution is 9.10. The number of aryl methyl sites for hydroxylation is 2. The quantitative estimate of drug-likeness (QED) is 0.929. The van der Waals surface area contributed by atoms with Crippen LogP contribution in [0.4, 0.5) is 5.69 Å². The van der Waals surface area contributed by atoms with Crippen LogP contribution in [-0.2, 0) is 7.05 Å². The van der Waals surface area contributed by atoms with Gasteiger partial charge in [0, 0.05) is 11.5 Å². The predicted octanol–water partition coefficient (Wildman–Crippen LogP) is 3.99. The van der Waals surface area contributed by atoms with Gasteiger partial charge < -0.3 is 10.5 Å². The standard InChI is InChI=1S/C14H18BrN3O/c1-8(2)13-12(16)14(18(4)17-13)19-10-5-6-11(15)9(3)7-10/h5-8H,16H2,1-4H3. The number of hydrogen-bond donors (Lipinski definition) is 1. The highest BCUT2D eigenvalue weighted by Gasteiger charge is 2.17. The summed E-state index contributed by atoms with van der Waals surface area (Å²) >= 11 is 3.47. The van der Waals surface area contributed by atoms with Crippen molar-refractivity contribution in [2.45, 2.75) is 26.7 Å². The molecule has 0 unspecified atom stereocenters. The van der Waals surface area contributed by atoms with Gasteiger partial charge in [-0.25, -0.2) is 4.68 Å². The average molecular weight is 324 g/mol. The molecule has 0 aliphatic heterocycles. The Morgan fingerprint density at radius 1 is 1.37 bits per heavy atom. The van der Waals surface area contributed by atoms with Crippen LogP contribution in [0.5, 0.6) is 11.6 Å². The van der Waals surface area contributed by atoms with Crippen molar-refractivity contribution in [3.63, 3.8) is 0 Å². The maximum Gasteiger partial charge on any atom is 0.241 e. The summed E-state index contributed by atoms with van der Waals surface area (Å²) in [5.41, 5.74) is 8.69. The Morgan fingerprint density at radius 3 is 2.58 bits per heavy atom. The Labute approximate surface area is 121 Å². The number of rotatable bonds is 3. The molecule has 1 aromatic carbocycles. The number of hydrogen-bond acceptors (Lipinski definition) is 3. The molecule has 0 saturated carbocycles. The van der Waals surface area contributed by atoms with E-state index in [4.69, 9.17) is 10.5 Å². The zero-order valence-electron chi connectivity index (χ0n) is 11.6. The summed E-state index contributed by atoms with van der Waals surface area (Å²) in [5.74, 6) is 1.62. The van der Waals surface area contributed by atoms with Crippen LogP contribution in [0.25, 0.3) is 0 Å². The average Bonchev–Trinajstić information content (AvgIpc) is 2.62. The second-order valence-electron chi connectivity index (χ2n) is 4.90. The number of benzene rings is 1. The van der Waals surface area contributed by atoms with Crippen molar-refractivity contribution in [2.75, 3.05) is 5.73 Å². The summed E-state index contributed by atoms with van der Waals surface area (Å²) in [6, 6.07) is 5.82. The maximum atomic E-state index is 6.10. The minimum absolute atomic E-state index is 0.273. The van der Waals surface area contributed by atoms with Crippen molar-refractivity contribution in [1.29, 1.82) is 0 Å². The number of nitrogens with zero attached hydrogens (tertiary/aromatic N) is 2. The lowest BCUT2D eigenvalue weighted by atomic mass is 10.1. The minimum atomic E-state index is 0.273. The van der Waals surface area contributed by atoms with Crippen LogP contribution in [-0.4, -0.2) is 9.78 Å². The predicted molar refractivity (Wildman–Crippen MR) is 80.7 cm³/mol. The summed E-state index contributed by atoms with van der Waals surface area (Å²) in [6.07, 6.45) is 0. The fourth-order valence-corrected chi connectivity index (χ4v) is 2.13. The van der Waals surface area contributed by atoms with E-state index in [2.05, 4.69) is 34.9 Å². The molecule has 2 N–H and O–H groups in total. The Bertz CT molecular complexity index is 605. The van der Waals surface area contributed by atoms with Crippen molar-refractivity contribution in [2.24, 2.45) is 7.05 Å². The van der Waals surface area contributed by atoms with E-state index in [9.17, 15) is 0 Å². The Balaban J connectivity index is 2.35. The van der Waals surface area contributed by atoms with Crippen molar-refractivity contribution >= 4 is 21.6 Å². The first-order chi connectivity index (χ1) is 8.90. The maximum absolute atomic E-state index is 6.10. The van der Waals surface area contributed by atoms with E-state index in [1.807, 2.05) is 32.2 Å². The Kier molecular flexibility index (Phi) is 3.85. The molecule has 19 heavy (non-hydrogen) atoms. The second-order valence-corrected chi connectivity index (χ2v) is 5.75. The van der Waals surface area contributed by atoms with Gasteiger partial charge in [0.05, 0.1) is 5.69 Å². The van der Waals surface area contributed by atoms with Crippen LogP contribution in [0, 0.1) is 6.92 Å². The zero-order valence-corrected chi connectivity index (χ0v) is 13.2. The monoisotopic (exact) mass is 323 g/mol. The Hall–Kier alpha value is -1.49. The molecule has 0 amide bonds. The van der Waals surface area contributed by atoms with E-state index in [1.54, 1.807) is 4.68 Å². The Morgan fingerprint density at radius 2 is 2.05 bits per heavy atom. The van der Waals surface area contributed by atoms with Crippen molar-refractivity contribution in [3.05, 3.63) is 33.9 Å². The third-order valence-corrected chi connectivity index (χ3v) is 3.84. The molecule has 2 aromatic rings. The number of nitrogen functional groups attached to an aromatic ring is 1. The molecule has 0 radical (unpaired) electrons. The van der Waals surface area contributed by atoms with Gasteiger partial charge >= 0.3 is 0 Å². The van der Waals surface area contributed by atoms with Crippen LogP contribution in [0.15, 0.2) is 22.7 Å². The number of anilines is 1. The van der Waals surface area contributed by atoms with Crippen LogP contribution in [0.3, 0.4) is 0 Å². The zero-order chi connectivity index (χ0) is 14.2. The molecule has 0 aliphatic rings. The summed E-state index contributed by atoms with van der Waals surface area (Å²) in [4.78, 5) is 0. The van der Waals surface area contributed by atoms with Crippen LogP contribution in [0.1, 0.15) is 31.0 Å². The van der Waals surface area contributed by atoms with Crippen molar-refractivity contribution in [3.8, 4) is 11.6 Å². The first-order valence-electron chi connectivity index (χ1n) is 6.16. The molecule has 0 spiro atoms.